The molecule has 0 saturated carbocycles. The zero-order valence-corrected chi connectivity index (χ0v) is 9.47. The molecule has 88 valence electrons. The first kappa shape index (κ1) is 12.5. The summed E-state index contributed by atoms with van der Waals surface area (Å²) in [5.74, 6) is 0.150. The summed E-state index contributed by atoms with van der Waals surface area (Å²) in [5.41, 5.74) is 17.7. The molecule has 0 radical (unpaired) electrons. The predicted octanol–water partition coefficient (Wildman–Crippen LogP) is 0.610. The lowest BCUT2D eigenvalue weighted by molar-refractivity contribution is 0.585. The van der Waals surface area contributed by atoms with Crippen LogP contribution in [0.4, 0.5) is 0 Å². The zero-order valence-electron chi connectivity index (χ0n) is 9.47. The van der Waals surface area contributed by atoms with E-state index < -0.39 is 0 Å². The molecule has 1 aromatic rings. The molecular weight excluding hydrogens is 200 g/mol. The molecule has 0 aliphatic heterocycles. The van der Waals surface area contributed by atoms with Crippen molar-refractivity contribution >= 4 is 5.96 Å². The second-order valence-corrected chi connectivity index (χ2v) is 3.90. The van der Waals surface area contributed by atoms with Gasteiger partial charge in [-0.05, 0) is 24.8 Å². The van der Waals surface area contributed by atoms with Crippen LogP contribution in [0.1, 0.15) is 18.4 Å². The summed E-state index contributed by atoms with van der Waals surface area (Å²) in [5, 5.41) is 0. The van der Waals surface area contributed by atoms with Crippen LogP contribution in [0.15, 0.2) is 35.3 Å². The van der Waals surface area contributed by atoms with Crippen LogP contribution in [0.25, 0.3) is 0 Å². The number of aliphatic imine (C=N–C) groups is 1. The molecule has 4 heteroatoms. The minimum Gasteiger partial charge on any atom is -0.370 e. The van der Waals surface area contributed by atoms with E-state index in [4.69, 9.17) is 17.2 Å². The summed E-state index contributed by atoms with van der Waals surface area (Å²) in [6, 6.07) is 10.4. The number of nitrogens with two attached hydrogens (primary N) is 3. The molecule has 0 heterocycles. The number of nitrogens with zero attached hydrogens (tertiary/aromatic N) is 1. The van der Waals surface area contributed by atoms with Gasteiger partial charge in [0.05, 0.1) is 0 Å². The first-order valence-corrected chi connectivity index (χ1v) is 5.53. The van der Waals surface area contributed by atoms with E-state index in [0.29, 0.717) is 6.54 Å². The average Bonchev–Trinajstić information content (AvgIpc) is 2.25. The van der Waals surface area contributed by atoms with Gasteiger partial charge in [-0.15, -0.1) is 0 Å². The predicted molar refractivity (Wildman–Crippen MR) is 68.0 cm³/mol. The summed E-state index contributed by atoms with van der Waals surface area (Å²) < 4.78 is 0. The van der Waals surface area contributed by atoms with Crippen LogP contribution in [0.2, 0.25) is 0 Å². The van der Waals surface area contributed by atoms with Crippen molar-refractivity contribution in [2.75, 3.05) is 6.54 Å². The van der Waals surface area contributed by atoms with Crippen LogP contribution in [-0.4, -0.2) is 18.5 Å². The van der Waals surface area contributed by atoms with E-state index in [2.05, 4.69) is 17.1 Å². The molecule has 1 atom stereocenters. The first-order valence-electron chi connectivity index (χ1n) is 5.53. The molecule has 0 aliphatic carbocycles. The highest BCUT2D eigenvalue weighted by atomic mass is 15.0. The van der Waals surface area contributed by atoms with Gasteiger partial charge in [0.2, 0.25) is 0 Å². The Balaban J connectivity index is 2.21. The Kier molecular flexibility index (Phi) is 5.36. The molecule has 4 nitrogen and oxygen atoms in total. The van der Waals surface area contributed by atoms with E-state index in [0.717, 1.165) is 19.3 Å². The van der Waals surface area contributed by atoms with Crippen molar-refractivity contribution in [3.8, 4) is 0 Å². The van der Waals surface area contributed by atoms with Crippen LogP contribution >= 0.6 is 0 Å². The molecule has 0 saturated heterocycles. The van der Waals surface area contributed by atoms with E-state index >= 15 is 0 Å². The molecule has 0 fully saturated rings. The highest BCUT2D eigenvalue weighted by Gasteiger charge is 2.03. The van der Waals surface area contributed by atoms with E-state index in [-0.39, 0.29) is 12.0 Å². The van der Waals surface area contributed by atoms with E-state index in [1.54, 1.807) is 0 Å². The third-order valence-corrected chi connectivity index (χ3v) is 2.37. The summed E-state index contributed by atoms with van der Waals surface area (Å²) >= 11 is 0. The fraction of sp³-hybridized carbons (Fsp3) is 0.417. The Labute approximate surface area is 96.5 Å². The van der Waals surface area contributed by atoms with Gasteiger partial charge in [-0.1, -0.05) is 30.3 Å². The van der Waals surface area contributed by atoms with Gasteiger partial charge in [0, 0.05) is 12.6 Å². The summed E-state index contributed by atoms with van der Waals surface area (Å²) in [4.78, 5) is 3.92. The normalized spacial score (nSPS) is 12.1. The second-order valence-electron chi connectivity index (χ2n) is 3.90. The molecule has 0 bridgehead atoms. The standard InChI is InChI=1S/C12H20N4/c13-11(7-4-8-16-12(14)15)9-10-5-2-1-3-6-10/h1-3,5-6,11H,4,7-9,13H2,(H4,14,15,16). The van der Waals surface area contributed by atoms with E-state index in [9.17, 15) is 0 Å². The van der Waals surface area contributed by atoms with Crippen molar-refractivity contribution < 1.29 is 0 Å². The molecule has 0 aromatic heterocycles. The molecule has 16 heavy (non-hydrogen) atoms. The molecule has 6 N–H and O–H groups in total. The first-order chi connectivity index (χ1) is 7.68. The Morgan fingerprint density at radius 2 is 1.88 bits per heavy atom. The SMILES string of the molecule is NC(N)=NCCCC(N)Cc1ccccc1. The van der Waals surface area contributed by atoms with Gasteiger partial charge < -0.3 is 17.2 Å². The largest absolute Gasteiger partial charge is 0.370 e. The lowest BCUT2D eigenvalue weighted by atomic mass is 10.0. The molecule has 1 unspecified atom stereocenters. The van der Waals surface area contributed by atoms with Gasteiger partial charge in [-0.3, -0.25) is 4.99 Å². The maximum Gasteiger partial charge on any atom is 0.185 e. The summed E-state index contributed by atoms with van der Waals surface area (Å²) in [7, 11) is 0. The number of guanidine groups is 1. The Morgan fingerprint density at radius 1 is 1.19 bits per heavy atom. The third-order valence-electron chi connectivity index (χ3n) is 2.37. The minimum absolute atomic E-state index is 0.150. The monoisotopic (exact) mass is 220 g/mol. The smallest absolute Gasteiger partial charge is 0.185 e. The van der Waals surface area contributed by atoms with Crippen molar-refractivity contribution in [1.29, 1.82) is 0 Å². The molecular formula is C12H20N4. The topological polar surface area (TPSA) is 90.4 Å². The highest BCUT2D eigenvalue weighted by molar-refractivity contribution is 5.75. The Bertz CT molecular complexity index is 317. The minimum atomic E-state index is 0.150. The van der Waals surface area contributed by atoms with Crippen molar-refractivity contribution in [2.45, 2.75) is 25.3 Å². The van der Waals surface area contributed by atoms with Crippen molar-refractivity contribution in [3.05, 3.63) is 35.9 Å². The third kappa shape index (κ3) is 5.36. The Morgan fingerprint density at radius 3 is 2.50 bits per heavy atom. The van der Waals surface area contributed by atoms with Gasteiger partial charge >= 0.3 is 0 Å². The summed E-state index contributed by atoms with van der Waals surface area (Å²) in [6.07, 6.45) is 2.76. The van der Waals surface area contributed by atoms with Crippen molar-refractivity contribution in [1.82, 2.24) is 0 Å². The van der Waals surface area contributed by atoms with Gasteiger partial charge in [0.15, 0.2) is 5.96 Å². The van der Waals surface area contributed by atoms with Crippen molar-refractivity contribution in [2.24, 2.45) is 22.2 Å². The lowest BCUT2D eigenvalue weighted by Gasteiger charge is -2.10. The molecule has 0 aliphatic rings. The van der Waals surface area contributed by atoms with Gasteiger partial charge in [-0.2, -0.15) is 0 Å². The van der Waals surface area contributed by atoms with Gasteiger partial charge in [0.1, 0.15) is 0 Å². The van der Waals surface area contributed by atoms with E-state index in [1.165, 1.54) is 5.56 Å². The van der Waals surface area contributed by atoms with Crippen LogP contribution < -0.4 is 17.2 Å². The molecule has 1 rings (SSSR count). The number of hydrogen-bond acceptors (Lipinski definition) is 2. The maximum absolute atomic E-state index is 6.01. The molecule has 1 aromatic carbocycles. The number of benzene rings is 1. The fourth-order valence-corrected chi connectivity index (χ4v) is 1.58. The van der Waals surface area contributed by atoms with Crippen LogP contribution in [0, 0.1) is 0 Å². The second kappa shape index (κ2) is 6.85. The van der Waals surface area contributed by atoms with E-state index in [1.807, 2.05) is 18.2 Å². The molecule has 0 amide bonds. The quantitative estimate of drug-likeness (QED) is 0.373. The van der Waals surface area contributed by atoms with Crippen LogP contribution in [0.3, 0.4) is 0 Å². The van der Waals surface area contributed by atoms with Crippen LogP contribution in [0.5, 0.6) is 0 Å². The summed E-state index contributed by atoms with van der Waals surface area (Å²) in [6.45, 7) is 0.658. The van der Waals surface area contributed by atoms with Crippen molar-refractivity contribution in [3.63, 3.8) is 0 Å². The number of hydrogen-bond donors (Lipinski definition) is 3. The Hall–Kier alpha value is -1.55. The number of rotatable bonds is 6. The van der Waals surface area contributed by atoms with Crippen LogP contribution in [-0.2, 0) is 6.42 Å². The van der Waals surface area contributed by atoms with Gasteiger partial charge in [-0.25, -0.2) is 0 Å². The zero-order chi connectivity index (χ0) is 11.8. The molecule has 0 spiro atoms. The van der Waals surface area contributed by atoms with Gasteiger partial charge in [0.25, 0.3) is 0 Å². The fourth-order valence-electron chi connectivity index (χ4n) is 1.58. The highest BCUT2D eigenvalue weighted by Crippen LogP contribution is 2.05. The lowest BCUT2D eigenvalue weighted by Crippen LogP contribution is -2.24. The maximum atomic E-state index is 6.01. The average molecular weight is 220 g/mol.